The molecule has 0 spiro atoms. The molecule has 2 rings (SSSR count). The third kappa shape index (κ3) is 4.05. The molecule has 0 aliphatic carbocycles. The molecule has 1 amide bonds. The molecule has 0 saturated heterocycles. The van der Waals surface area contributed by atoms with Crippen LogP contribution in [0.2, 0.25) is 5.02 Å². The lowest BCUT2D eigenvalue weighted by molar-refractivity contribution is -0.119. The first-order valence-corrected chi connectivity index (χ1v) is 7.00. The van der Waals surface area contributed by atoms with Crippen LogP contribution in [0.5, 0.6) is 0 Å². The topological polar surface area (TPSA) is 68.3 Å². The Balaban J connectivity index is 1.93. The van der Waals surface area contributed by atoms with Gasteiger partial charge in [-0.05, 0) is 37.6 Å². The number of carbonyl (C=O) groups is 2. The van der Waals surface area contributed by atoms with Crippen LogP contribution in [0.25, 0.3) is 0 Å². The lowest BCUT2D eigenvalue weighted by Gasteiger charge is -2.10. The van der Waals surface area contributed by atoms with E-state index < -0.39 is 18.5 Å². The molecule has 22 heavy (non-hydrogen) atoms. The first kappa shape index (κ1) is 16.0. The summed E-state index contributed by atoms with van der Waals surface area (Å²) < 4.78 is 4.95. The average Bonchev–Trinajstić information content (AvgIpc) is 2.49. The molecule has 1 aromatic heterocycles. The zero-order chi connectivity index (χ0) is 16.1. The molecular formula is C16H15ClN2O3. The van der Waals surface area contributed by atoms with Crippen molar-refractivity contribution in [3.05, 3.63) is 58.4 Å². The molecule has 1 N–H and O–H groups in total. The van der Waals surface area contributed by atoms with Gasteiger partial charge in [0.05, 0.1) is 16.3 Å². The summed E-state index contributed by atoms with van der Waals surface area (Å²) in [6.45, 7) is 3.25. The lowest BCUT2D eigenvalue weighted by Crippen LogP contribution is -2.21. The standard InChI is InChI=1S/C16H15ClN2O3/c1-10-4-3-5-13(17)15(10)19-14(20)9-22-16(21)12-7-6-11(2)18-8-12/h3-8H,9H2,1-2H3,(H,19,20). The van der Waals surface area contributed by atoms with Gasteiger partial charge in [-0.3, -0.25) is 9.78 Å². The number of halogens is 1. The van der Waals surface area contributed by atoms with E-state index in [-0.39, 0.29) is 0 Å². The van der Waals surface area contributed by atoms with Gasteiger partial charge >= 0.3 is 5.97 Å². The lowest BCUT2D eigenvalue weighted by atomic mass is 10.2. The van der Waals surface area contributed by atoms with Gasteiger partial charge in [0.15, 0.2) is 6.61 Å². The summed E-state index contributed by atoms with van der Waals surface area (Å²) >= 11 is 6.02. The van der Waals surface area contributed by atoms with Crippen molar-refractivity contribution in [1.82, 2.24) is 4.98 Å². The molecule has 2 aromatic rings. The number of nitrogens with one attached hydrogen (secondary N) is 1. The summed E-state index contributed by atoms with van der Waals surface area (Å²) in [4.78, 5) is 27.6. The van der Waals surface area contributed by atoms with E-state index in [1.165, 1.54) is 6.20 Å². The van der Waals surface area contributed by atoms with Crippen LogP contribution in [0, 0.1) is 13.8 Å². The summed E-state index contributed by atoms with van der Waals surface area (Å²) in [5.74, 6) is -1.05. The summed E-state index contributed by atoms with van der Waals surface area (Å²) in [6.07, 6.45) is 1.41. The number of hydrogen-bond donors (Lipinski definition) is 1. The highest BCUT2D eigenvalue weighted by Gasteiger charge is 2.12. The molecule has 0 aliphatic rings. The van der Waals surface area contributed by atoms with Crippen LogP contribution in [0.3, 0.4) is 0 Å². The van der Waals surface area contributed by atoms with Crippen LogP contribution in [0.15, 0.2) is 36.5 Å². The van der Waals surface area contributed by atoms with E-state index in [9.17, 15) is 9.59 Å². The van der Waals surface area contributed by atoms with Gasteiger partial charge in [0.25, 0.3) is 5.91 Å². The summed E-state index contributed by atoms with van der Waals surface area (Å²) in [7, 11) is 0. The van der Waals surface area contributed by atoms with Gasteiger partial charge in [-0.15, -0.1) is 0 Å². The third-order valence-electron chi connectivity index (χ3n) is 2.97. The van der Waals surface area contributed by atoms with Gasteiger partial charge in [-0.25, -0.2) is 4.79 Å². The normalized spacial score (nSPS) is 10.1. The molecule has 0 fully saturated rings. The zero-order valence-electron chi connectivity index (χ0n) is 12.2. The largest absolute Gasteiger partial charge is 0.452 e. The number of rotatable bonds is 4. The Kier molecular flexibility index (Phi) is 5.12. The Morgan fingerprint density at radius 3 is 2.64 bits per heavy atom. The number of ether oxygens (including phenoxy) is 1. The van der Waals surface area contributed by atoms with Crippen LogP contribution in [0.1, 0.15) is 21.6 Å². The summed E-state index contributed by atoms with van der Waals surface area (Å²) in [5.41, 5.74) is 2.44. The number of para-hydroxylation sites is 1. The first-order chi connectivity index (χ1) is 10.5. The van der Waals surface area contributed by atoms with Gasteiger partial charge in [0, 0.05) is 11.9 Å². The molecule has 0 radical (unpaired) electrons. The Morgan fingerprint density at radius 2 is 2.00 bits per heavy atom. The number of carbonyl (C=O) groups excluding carboxylic acids is 2. The fourth-order valence-electron chi connectivity index (χ4n) is 1.77. The minimum atomic E-state index is -0.599. The molecule has 0 atom stereocenters. The second-order valence-electron chi connectivity index (χ2n) is 4.74. The molecule has 1 heterocycles. The maximum absolute atomic E-state index is 11.8. The van der Waals surface area contributed by atoms with E-state index in [2.05, 4.69) is 10.3 Å². The second-order valence-corrected chi connectivity index (χ2v) is 5.15. The molecule has 0 saturated carbocycles. The molecular weight excluding hydrogens is 304 g/mol. The summed E-state index contributed by atoms with van der Waals surface area (Å²) in [5, 5.41) is 3.06. The van der Waals surface area contributed by atoms with Gasteiger partial charge in [-0.1, -0.05) is 23.7 Å². The maximum atomic E-state index is 11.8. The fourth-order valence-corrected chi connectivity index (χ4v) is 2.04. The monoisotopic (exact) mass is 318 g/mol. The number of hydrogen-bond acceptors (Lipinski definition) is 4. The Hall–Kier alpha value is -2.40. The summed E-state index contributed by atoms with van der Waals surface area (Å²) in [6, 6.07) is 8.59. The highest BCUT2D eigenvalue weighted by atomic mass is 35.5. The van der Waals surface area contributed by atoms with Gasteiger partial charge in [0.2, 0.25) is 0 Å². The fraction of sp³-hybridized carbons (Fsp3) is 0.188. The smallest absolute Gasteiger partial charge is 0.340 e. The Labute approximate surface area is 133 Å². The minimum Gasteiger partial charge on any atom is -0.452 e. The predicted molar refractivity (Wildman–Crippen MR) is 84.1 cm³/mol. The highest BCUT2D eigenvalue weighted by molar-refractivity contribution is 6.33. The molecule has 6 heteroatoms. The van der Waals surface area contributed by atoms with Crippen molar-refractivity contribution in [2.24, 2.45) is 0 Å². The van der Waals surface area contributed by atoms with Crippen molar-refractivity contribution in [3.63, 3.8) is 0 Å². The molecule has 114 valence electrons. The molecule has 5 nitrogen and oxygen atoms in total. The number of nitrogens with zero attached hydrogens (tertiary/aromatic N) is 1. The van der Waals surface area contributed by atoms with Crippen LogP contribution < -0.4 is 5.32 Å². The van der Waals surface area contributed by atoms with E-state index >= 15 is 0 Å². The van der Waals surface area contributed by atoms with Gasteiger partial charge < -0.3 is 10.1 Å². The molecule has 0 bridgehead atoms. The van der Waals surface area contributed by atoms with Gasteiger partial charge in [0.1, 0.15) is 0 Å². The Bertz CT molecular complexity index is 679. The van der Waals surface area contributed by atoms with Crippen LogP contribution in [-0.2, 0) is 9.53 Å². The average molecular weight is 319 g/mol. The molecule has 1 aromatic carbocycles. The van der Waals surface area contributed by atoms with E-state index in [0.717, 1.165) is 11.3 Å². The second kappa shape index (κ2) is 7.04. The SMILES string of the molecule is Cc1ccc(C(=O)OCC(=O)Nc2c(C)cccc2Cl)cn1. The van der Waals surface area contributed by atoms with Crippen LogP contribution in [-0.4, -0.2) is 23.5 Å². The molecule has 0 unspecified atom stereocenters. The number of amides is 1. The third-order valence-corrected chi connectivity index (χ3v) is 3.28. The zero-order valence-corrected chi connectivity index (χ0v) is 13.0. The van der Waals surface area contributed by atoms with E-state index in [0.29, 0.717) is 16.3 Å². The first-order valence-electron chi connectivity index (χ1n) is 6.62. The van der Waals surface area contributed by atoms with E-state index in [4.69, 9.17) is 16.3 Å². The van der Waals surface area contributed by atoms with Crippen molar-refractivity contribution < 1.29 is 14.3 Å². The van der Waals surface area contributed by atoms with E-state index in [1.807, 2.05) is 19.9 Å². The van der Waals surface area contributed by atoms with Crippen molar-refractivity contribution in [3.8, 4) is 0 Å². The number of aryl methyl sites for hydroxylation is 2. The van der Waals surface area contributed by atoms with Crippen LogP contribution in [0.4, 0.5) is 5.69 Å². The predicted octanol–water partition coefficient (Wildman–Crippen LogP) is 3.15. The van der Waals surface area contributed by atoms with Crippen molar-refractivity contribution in [1.29, 1.82) is 0 Å². The quantitative estimate of drug-likeness (QED) is 0.879. The number of esters is 1. The number of anilines is 1. The highest BCUT2D eigenvalue weighted by Crippen LogP contribution is 2.24. The Morgan fingerprint density at radius 1 is 1.23 bits per heavy atom. The molecule has 0 aliphatic heterocycles. The number of pyridine rings is 1. The van der Waals surface area contributed by atoms with Crippen molar-refractivity contribution in [2.75, 3.05) is 11.9 Å². The number of aromatic nitrogens is 1. The van der Waals surface area contributed by atoms with Crippen LogP contribution >= 0.6 is 11.6 Å². The van der Waals surface area contributed by atoms with Crippen molar-refractivity contribution >= 4 is 29.2 Å². The number of benzene rings is 1. The van der Waals surface area contributed by atoms with Gasteiger partial charge in [-0.2, -0.15) is 0 Å². The maximum Gasteiger partial charge on any atom is 0.340 e. The van der Waals surface area contributed by atoms with Crippen molar-refractivity contribution in [2.45, 2.75) is 13.8 Å². The van der Waals surface area contributed by atoms with E-state index in [1.54, 1.807) is 24.3 Å². The minimum absolute atomic E-state index is 0.298.